The SMILES string of the molecule is C[C@@H](c1ccc([N+](=O)[O-])c(F)c1Cl)[C@@H](N)C(=O)N1CCN(C)CC1. The van der Waals surface area contributed by atoms with E-state index in [0.29, 0.717) is 13.1 Å². The van der Waals surface area contributed by atoms with Gasteiger partial charge in [0.15, 0.2) is 0 Å². The zero-order valence-corrected chi connectivity index (χ0v) is 14.3. The lowest BCUT2D eigenvalue weighted by atomic mass is 9.92. The molecule has 1 saturated heterocycles. The van der Waals surface area contributed by atoms with Gasteiger partial charge in [0.1, 0.15) is 0 Å². The number of nitrogens with zero attached hydrogens (tertiary/aromatic N) is 3. The fraction of sp³-hybridized carbons (Fsp3) is 0.533. The summed E-state index contributed by atoms with van der Waals surface area (Å²) in [6.45, 7) is 4.35. The standard InChI is InChI=1S/C15H20ClFN4O3/c1-9(10-3-4-11(21(23)24)13(17)12(10)16)14(18)15(22)20-7-5-19(2)6-8-20/h3-4,9,14H,5-8,18H2,1-2H3/t9-,14+/m0/s1. The minimum Gasteiger partial charge on any atom is -0.339 e. The van der Waals surface area contributed by atoms with Crippen LogP contribution in [0, 0.1) is 15.9 Å². The molecule has 0 unspecified atom stereocenters. The van der Waals surface area contributed by atoms with E-state index in [2.05, 4.69) is 4.90 Å². The number of halogens is 2. The number of amides is 1. The molecule has 0 spiro atoms. The molecule has 0 aromatic heterocycles. The Hall–Kier alpha value is -1.77. The Morgan fingerprint density at radius 3 is 2.50 bits per heavy atom. The molecule has 1 amide bonds. The first-order valence-corrected chi connectivity index (χ1v) is 7.97. The molecule has 1 heterocycles. The number of hydrogen-bond acceptors (Lipinski definition) is 5. The van der Waals surface area contributed by atoms with E-state index in [4.69, 9.17) is 17.3 Å². The summed E-state index contributed by atoms with van der Waals surface area (Å²) in [7, 11) is 1.98. The number of likely N-dealkylation sites (N-methyl/N-ethyl adjacent to an activating group) is 1. The van der Waals surface area contributed by atoms with Crippen LogP contribution in [-0.2, 0) is 4.79 Å². The Morgan fingerprint density at radius 1 is 1.38 bits per heavy atom. The number of carbonyl (C=O) groups is 1. The summed E-state index contributed by atoms with van der Waals surface area (Å²) in [6.07, 6.45) is 0. The Labute approximate surface area is 144 Å². The number of nitro groups is 1. The molecule has 1 aromatic carbocycles. The summed E-state index contributed by atoms with van der Waals surface area (Å²) in [5.41, 5.74) is 5.64. The van der Waals surface area contributed by atoms with Crippen LogP contribution in [0.3, 0.4) is 0 Å². The third-order valence-corrected chi connectivity index (χ3v) is 4.80. The zero-order valence-electron chi connectivity index (χ0n) is 13.5. The van der Waals surface area contributed by atoms with E-state index in [0.717, 1.165) is 19.2 Å². The van der Waals surface area contributed by atoms with E-state index in [-0.39, 0.29) is 16.5 Å². The Bertz CT molecular complexity index is 650. The van der Waals surface area contributed by atoms with Crippen molar-refractivity contribution in [2.75, 3.05) is 33.2 Å². The fourth-order valence-electron chi connectivity index (χ4n) is 2.69. The summed E-state index contributed by atoms with van der Waals surface area (Å²) in [5.74, 6) is -1.91. The van der Waals surface area contributed by atoms with Gasteiger partial charge < -0.3 is 15.5 Å². The summed E-state index contributed by atoms with van der Waals surface area (Å²) >= 11 is 5.92. The van der Waals surface area contributed by atoms with Crippen molar-refractivity contribution in [3.8, 4) is 0 Å². The van der Waals surface area contributed by atoms with E-state index >= 15 is 0 Å². The highest BCUT2D eigenvalue weighted by molar-refractivity contribution is 6.31. The van der Waals surface area contributed by atoms with Crippen molar-refractivity contribution in [3.63, 3.8) is 0 Å². The van der Waals surface area contributed by atoms with E-state index in [1.807, 2.05) is 7.05 Å². The number of nitrogens with two attached hydrogens (primary N) is 1. The molecule has 1 aliphatic rings. The number of rotatable bonds is 4. The third-order valence-electron chi connectivity index (χ3n) is 4.42. The van der Waals surface area contributed by atoms with Crippen LogP contribution < -0.4 is 5.73 Å². The maximum Gasteiger partial charge on any atom is 0.306 e. The number of piperazine rings is 1. The molecule has 0 bridgehead atoms. The summed E-state index contributed by atoms with van der Waals surface area (Å²) in [5, 5.41) is 10.4. The van der Waals surface area contributed by atoms with Crippen LogP contribution in [0.5, 0.6) is 0 Å². The van der Waals surface area contributed by atoms with Crippen LogP contribution >= 0.6 is 11.6 Å². The number of benzene rings is 1. The third kappa shape index (κ3) is 3.66. The predicted octanol–water partition coefficient (Wildman–Crippen LogP) is 1.59. The van der Waals surface area contributed by atoms with Gasteiger partial charge in [0.2, 0.25) is 11.7 Å². The van der Waals surface area contributed by atoms with Crippen molar-refractivity contribution in [2.45, 2.75) is 18.9 Å². The number of hydrogen-bond donors (Lipinski definition) is 1. The van der Waals surface area contributed by atoms with Crippen molar-refractivity contribution in [2.24, 2.45) is 5.73 Å². The lowest BCUT2D eigenvalue weighted by Crippen LogP contribution is -2.53. The van der Waals surface area contributed by atoms with Gasteiger partial charge in [0, 0.05) is 38.2 Å². The first kappa shape index (κ1) is 18.6. The molecule has 2 atom stereocenters. The van der Waals surface area contributed by atoms with Gasteiger partial charge in [0.25, 0.3) is 0 Å². The molecular formula is C15H20ClFN4O3. The number of carbonyl (C=O) groups excluding carboxylic acids is 1. The van der Waals surface area contributed by atoms with Crippen LogP contribution in [0.25, 0.3) is 0 Å². The van der Waals surface area contributed by atoms with Gasteiger partial charge in [-0.15, -0.1) is 0 Å². The van der Waals surface area contributed by atoms with Crippen molar-refractivity contribution in [1.82, 2.24) is 9.80 Å². The lowest BCUT2D eigenvalue weighted by Gasteiger charge is -2.35. The molecule has 2 N–H and O–H groups in total. The smallest absolute Gasteiger partial charge is 0.306 e. The highest BCUT2D eigenvalue weighted by atomic mass is 35.5. The second-order valence-electron chi connectivity index (χ2n) is 6.00. The predicted molar refractivity (Wildman–Crippen MR) is 88.5 cm³/mol. The molecule has 1 fully saturated rings. The monoisotopic (exact) mass is 358 g/mol. The normalized spacial score (nSPS) is 18.3. The van der Waals surface area contributed by atoms with Gasteiger partial charge in [-0.3, -0.25) is 14.9 Å². The molecular weight excluding hydrogens is 339 g/mol. The van der Waals surface area contributed by atoms with Crippen molar-refractivity contribution < 1.29 is 14.1 Å². The van der Waals surface area contributed by atoms with Crippen LogP contribution in [-0.4, -0.2) is 59.9 Å². The zero-order chi connectivity index (χ0) is 18.0. The van der Waals surface area contributed by atoms with E-state index < -0.39 is 28.4 Å². The van der Waals surface area contributed by atoms with E-state index in [1.54, 1.807) is 11.8 Å². The molecule has 24 heavy (non-hydrogen) atoms. The van der Waals surface area contributed by atoms with Crippen LogP contribution in [0.15, 0.2) is 12.1 Å². The Morgan fingerprint density at radius 2 is 1.96 bits per heavy atom. The van der Waals surface area contributed by atoms with E-state index in [9.17, 15) is 19.3 Å². The molecule has 1 aliphatic heterocycles. The van der Waals surface area contributed by atoms with Gasteiger partial charge in [-0.05, 0) is 12.6 Å². The maximum absolute atomic E-state index is 14.0. The summed E-state index contributed by atoms with van der Waals surface area (Å²) in [4.78, 5) is 26.2. The van der Waals surface area contributed by atoms with Crippen LogP contribution in [0.1, 0.15) is 18.4 Å². The molecule has 0 saturated carbocycles. The van der Waals surface area contributed by atoms with Crippen LogP contribution in [0.4, 0.5) is 10.1 Å². The van der Waals surface area contributed by atoms with Gasteiger partial charge in [-0.25, -0.2) is 0 Å². The van der Waals surface area contributed by atoms with Gasteiger partial charge in [-0.1, -0.05) is 24.6 Å². The number of nitro benzene ring substituents is 1. The van der Waals surface area contributed by atoms with Crippen molar-refractivity contribution in [1.29, 1.82) is 0 Å². The molecule has 9 heteroatoms. The van der Waals surface area contributed by atoms with Gasteiger partial charge in [0.05, 0.1) is 16.0 Å². The minimum atomic E-state index is -1.11. The van der Waals surface area contributed by atoms with Crippen LogP contribution in [0.2, 0.25) is 5.02 Å². The van der Waals surface area contributed by atoms with Gasteiger partial charge >= 0.3 is 5.69 Å². The molecule has 1 aromatic rings. The second kappa shape index (κ2) is 7.42. The largest absolute Gasteiger partial charge is 0.339 e. The first-order valence-electron chi connectivity index (χ1n) is 7.59. The average Bonchev–Trinajstić information content (AvgIpc) is 2.55. The minimum absolute atomic E-state index is 0.231. The van der Waals surface area contributed by atoms with Crippen molar-refractivity contribution in [3.05, 3.63) is 38.7 Å². The Balaban J connectivity index is 2.18. The highest BCUT2D eigenvalue weighted by Gasteiger charge is 2.31. The maximum atomic E-state index is 14.0. The molecule has 0 radical (unpaired) electrons. The topological polar surface area (TPSA) is 92.7 Å². The van der Waals surface area contributed by atoms with E-state index in [1.165, 1.54) is 6.07 Å². The highest BCUT2D eigenvalue weighted by Crippen LogP contribution is 2.33. The second-order valence-corrected chi connectivity index (χ2v) is 6.38. The Kier molecular flexibility index (Phi) is 5.74. The quantitative estimate of drug-likeness (QED) is 0.651. The molecule has 0 aliphatic carbocycles. The molecule has 7 nitrogen and oxygen atoms in total. The molecule has 2 rings (SSSR count). The molecule has 132 valence electrons. The average molecular weight is 359 g/mol. The van der Waals surface area contributed by atoms with Crippen molar-refractivity contribution >= 4 is 23.2 Å². The summed E-state index contributed by atoms with van der Waals surface area (Å²) < 4.78 is 14.0. The fourth-order valence-corrected chi connectivity index (χ4v) is 3.02. The lowest BCUT2D eigenvalue weighted by molar-refractivity contribution is -0.387. The van der Waals surface area contributed by atoms with Gasteiger partial charge in [-0.2, -0.15) is 4.39 Å². The first-order chi connectivity index (χ1) is 11.2. The summed E-state index contributed by atoms with van der Waals surface area (Å²) in [6, 6.07) is 1.50.